The Morgan fingerprint density at radius 1 is 0.846 bits per heavy atom. The van der Waals surface area contributed by atoms with Crippen LogP contribution in [0.1, 0.15) is 25.7 Å². The fraction of sp³-hybridized carbons (Fsp3) is 0.667. The van der Waals surface area contributed by atoms with Crippen molar-refractivity contribution in [2.45, 2.75) is 25.7 Å². The summed E-state index contributed by atoms with van der Waals surface area (Å²) in [6, 6.07) is 0. The molecule has 0 fully saturated rings. The second kappa shape index (κ2) is 2.55. The van der Waals surface area contributed by atoms with Gasteiger partial charge in [0, 0.05) is 0 Å². The van der Waals surface area contributed by atoms with Crippen LogP contribution in [0, 0.1) is 0 Å². The first-order chi connectivity index (χ1) is 5.93. The summed E-state index contributed by atoms with van der Waals surface area (Å²) in [6.45, 7) is 0. The van der Waals surface area contributed by atoms with Crippen LogP contribution < -0.4 is 4.13 Å². The molecule has 1 heterocycles. The fourth-order valence-corrected chi connectivity index (χ4v) is 5.91. The highest BCUT2D eigenvalue weighted by molar-refractivity contribution is 8.11. The zero-order valence-electron chi connectivity index (χ0n) is 6.78. The molecular formula is C6H9NO4S2. The third-order valence-corrected chi connectivity index (χ3v) is 6.32. The first-order valence-electron chi connectivity index (χ1n) is 3.94. The second-order valence-electron chi connectivity index (χ2n) is 3.14. The average Bonchev–Trinajstić information content (AvgIpc) is 2.20. The van der Waals surface area contributed by atoms with E-state index in [9.17, 15) is 16.8 Å². The van der Waals surface area contributed by atoms with E-state index in [1.807, 2.05) is 0 Å². The number of sulfonamides is 2. The predicted octanol–water partition coefficient (Wildman–Crippen LogP) is 0.0348. The van der Waals surface area contributed by atoms with Crippen LogP contribution in [0.3, 0.4) is 0 Å². The summed E-state index contributed by atoms with van der Waals surface area (Å²) in [7, 11) is -7.43. The standard InChI is InChI=1S/C6H9NO4S2/c8-12(9)5-3-1-2-4-6(5)13(10,11)7-12/h7H,1-4H2. The van der Waals surface area contributed by atoms with Crippen LogP contribution in [-0.4, -0.2) is 16.8 Å². The first kappa shape index (κ1) is 9.17. The van der Waals surface area contributed by atoms with Crippen LogP contribution in [0.5, 0.6) is 0 Å². The van der Waals surface area contributed by atoms with Gasteiger partial charge in [-0.05, 0) is 25.7 Å². The van der Waals surface area contributed by atoms with E-state index >= 15 is 0 Å². The quantitative estimate of drug-likeness (QED) is 0.628. The van der Waals surface area contributed by atoms with Crippen molar-refractivity contribution < 1.29 is 16.8 Å². The highest BCUT2D eigenvalue weighted by atomic mass is 32.3. The second-order valence-corrected chi connectivity index (χ2v) is 6.81. The van der Waals surface area contributed by atoms with Crippen molar-refractivity contribution in [3.8, 4) is 0 Å². The third kappa shape index (κ3) is 1.31. The molecule has 2 rings (SSSR count). The van der Waals surface area contributed by atoms with Gasteiger partial charge in [-0.2, -0.15) is 0 Å². The molecule has 74 valence electrons. The molecule has 1 N–H and O–H groups in total. The van der Waals surface area contributed by atoms with E-state index in [4.69, 9.17) is 0 Å². The molecule has 0 aromatic heterocycles. The predicted molar refractivity (Wildman–Crippen MR) is 46.5 cm³/mol. The van der Waals surface area contributed by atoms with Gasteiger partial charge in [-0.25, -0.2) is 16.8 Å². The number of allylic oxidation sites excluding steroid dienone is 2. The van der Waals surface area contributed by atoms with Gasteiger partial charge in [0.15, 0.2) is 0 Å². The SMILES string of the molecule is O=S1(=O)NS(=O)(=O)C2=C1CCCC2. The van der Waals surface area contributed by atoms with Gasteiger partial charge in [-0.15, -0.1) is 4.13 Å². The number of nitrogens with one attached hydrogen (secondary N) is 1. The molecule has 2 aliphatic rings. The Balaban J connectivity index is 2.69. The van der Waals surface area contributed by atoms with Gasteiger partial charge in [-0.1, -0.05) is 0 Å². The summed E-state index contributed by atoms with van der Waals surface area (Å²) in [4.78, 5) is 0.164. The number of rotatable bonds is 0. The minimum atomic E-state index is -3.71. The van der Waals surface area contributed by atoms with Crippen molar-refractivity contribution in [3.63, 3.8) is 0 Å². The molecule has 0 bridgehead atoms. The first-order valence-corrected chi connectivity index (χ1v) is 6.91. The molecule has 1 aliphatic carbocycles. The van der Waals surface area contributed by atoms with Crippen molar-refractivity contribution in [2.75, 3.05) is 0 Å². The van der Waals surface area contributed by atoms with Crippen molar-refractivity contribution in [3.05, 3.63) is 9.81 Å². The van der Waals surface area contributed by atoms with E-state index < -0.39 is 20.0 Å². The zero-order chi connectivity index (χ0) is 9.69. The fourth-order valence-electron chi connectivity index (χ4n) is 1.66. The molecule has 13 heavy (non-hydrogen) atoms. The molecule has 0 aromatic carbocycles. The summed E-state index contributed by atoms with van der Waals surface area (Å²) in [6.07, 6.45) is 2.19. The van der Waals surface area contributed by atoms with Gasteiger partial charge in [0.1, 0.15) is 0 Å². The van der Waals surface area contributed by atoms with Gasteiger partial charge in [-0.3, -0.25) is 0 Å². The zero-order valence-corrected chi connectivity index (χ0v) is 8.41. The number of hydrogen-bond acceptors (Lipinski definition) is 4. The highest BCUT2D eigenvalue weighted by Gasteiger charge is 2.41. The highest BCUT2D eigenvalue weighted by Crippen LogP contribution is 2.35. The lowest BCUT2D eigenvalue weighted by Crippen LogP contribution is -2.23. The molecule has 1 aliphatic heterocycles. The Morgan fingerprint density at radius 2 is 1.23 bits per heavy atom. The molecule has 5 nitrogen and oxygen atoms in total. The Bertz CT molecular complexity index is 427. The molecule has 0 spiro atoms. The summed E-state index contributed by atoms with van der Waals surface area (Å²) in [5, 5.41) is 0. The monoisotopic (exact) mass is 223 g/mol. The van der Waals surface area contributed by atoms with Gasteiger partial charge >= 0.3 is 0 Å². The lowest BCUT2D eigenvalue weighted by Gasteiger charge is -2.09. The van der Waals surface area contributed by atoms with E-state index in [1.54, 1.807) is 4.13 Å². The molecule has 0 aromatic rings. The summed E-state index contributed by atoms with van der Waals surface area (Å²) >= 11 is 0. The van der Waals surface area contributed by atoms with Crippen molar-refractivity contribution in [1.29, 1.82) is 0 Å². The normalized spacial score (nSPS) is 30.2. The molecular weight excluding hydrogens is 214 g/mol. The largest absolute Gasteiger partial charge is 0.250 e. The van der Waals surface area contributed by atoms with Crippen LogP contribution in [0.4, 0.5) is 0 Å². The Kier molecular flexibility index (Phi) is 1.80. The van der Waals surface area contributed by atoms with Crippen molar-refractivity contribution in [2.24, 2.45) is 0 Å². The van der Waals surface area contributed by atoms with E-state index in [2.05, 4.69) is 0 Å². The molecule has 0 amide bonds. The third-order valence-electron chi connectivity index (χ3n) is 2.24. The van der Waals surface area contributed by atoms with E-state index in [0.29, 0.717) is 12.8 Å². The molecule has 0 saturated carbocycles. The molecule has 0 radical (unpaired) electrons. The smallest absolute Gasteiger partial charge is 0.206 e. The maximum absolute atomic E-state index is 11.3. The maximum atomic E-state index is 11.3. The lowest BCUT2D eigenvalue weighted by atomic mass is 10.1. The molecule has 0 unspecified atom stereocenters. The van der Waals surface area contributed by atoms with Gasteiger partial charge in [0.25, 0.3) is 20.0 Å². The summed E-state index contributed by atoms with van der Waals surface area (Å²) < 4.78 is 46.7. The number of hydrogen-bond donors (Lipinski definition) is 1. The minimum Gasteiger partial charge on any atom is -0.206 e. The van der Waals surface area contributed by atoms with Crippen molar-refractivity contribution >= 4 is 20.0 Å². The van der Waals surface area contributed by atoms with E-state index in [0.717, 1.165) is 12.8 Å². The van der Waals surface area contributed by atoms with Crippen LogP contribution >= 0.6 is 0 Å². The summed E-state index contributed by atoms with van der Waals surface area (Å²) in [5.74, 6) is 0. The topological polar surface area (TPSA) is 80.3 Å². The van der Waals surface area contributed by atoms with E-state index in [1.165, 1.54) is 0 Å². The Labute approximate surface area is 76.9 Å². The van der Waals surface area contributed by atoms with E-state index in [-0.39, 0.29) is 9.81 Å². The lowest BCUT2D eigenvalue weighted by molar-refractivity contribution is 0.588. The minimum absolute atomic E-state index is 0.0822. The maximum Gasteiger partial charge on any atom is 0.250 e. The van der Waals surface area contributed by atoms with Crippen molar-refractivity contribution in [1.82, 2.24) is 4.13 Å². The Hall–Kier alpha value is -0.400. The van der Waals surface area contributed by atoms with Gasteiger partial charge < -0.3 is 0 Å². The van der Waals surface area contributed by atoms with Crippen LogP contribution in [0.15, 0.2) is 9.81 Å². The molecule has 0 atom stereocenters. The Morgan fingerprint density at radius 3 is 1.62 bits per heavy atom. The van der Waals surface area contributed by atoms with Crippen LogP contribution in [0.2, 0.25) is 0 Å². The van der Waals surface area contributed by atoms with Gasteiger partial charge in [0.05, 0.1) is 9.81 Å². The molecule has 0 saturated heterocycles. The molecule has 7 heteroatoms. The summed E-state index contributed by atoms with van der Waals surface area (Å²) in [5.41, 5.74) is 0. The van der Waals surface area contributed by atoms with Crippen LogP contribution in [0.25, 0.3) is 0 Å². The van der Waals surface area contributed by atoms with Crippen LogP contribution in [-0.2, 0) is 20.0 Å². The average molecular weight is 223 g/mol. The van der Waals surface area contributed by atoms with Gasteiger partial charge in [0.2, 0.25) is 0 Å².